The number of hydrogen-bond acceptors (Lipinski definition) is 0. The highest BCUT2D eigenvalue weighted by atomic mass is 79.9. The van der Waals surface area contributed by atoms with Crippen LogP contribution in [0.5, 0.6) is 0 Å². The Bertz CT molecular complexity index is 307. The summed E-state index contributed by atoms with van der Waals surface area (Å²) in [6, 6.07) is 9.31. The van der Waals surface area contributed by atoms with Crippen molar-refractivity contribution in [2.75, 3.05) is 0 Å². The molecule has 0 aromatic heterocycles. The first kappa shape index (κ1) is 12.2. The Morgan fingerprint density at radius 1 is 1.12 bits per heavy atom. The summed E-state index contributed by atoms with van der Waals surface area (Å²) in [5.74, 6) is 0.837. The SMILES string of the molecule is CC(Br)Cc1ccc(C2CCCCC2)cc1. The summed E-state index contributed by atoms with van der Waals surface area (Å²) in [7, 11) is 0. The van der Waals surface area contributed by atoms with E-state index < -0.39 is 0 Å². The zero-order valence-electron chi connectivity index (χ0n) is 10.1. The summed E-state index contributed by atoms with van der Waals surface area (Å²) in [5.41, 5.74) is 3.01. The average molecular weight is 281 g/mol. The Labute approximate surface area is 108 Å². The van der Waals surface area contributed by atoms with E-state index in [0.717, 1.165) is 12.3 Å². The van der Waals surface area contributed by atoms with E-state index in [2.05, 4.69) is 47.1 Å². The molecule has 16 heavy (non-hydrogen) atoms. The van der Waals surface area contributed by atoms with Crippen molar-refractivity contribution < 1.29 is 0 Å². The average Bonchev–Trinajstić information content (AvgIpc) is 2.30. The third kappa shape index (κ3) is 3.35. The second-order valence-corrected chi connectivity index (χ2v) is 6.62. The van der Waals surface area contributed by atoms with Crippen LogP contribution in [0, 0.1) is 0 Å². The van der Waals surface area contributed by atoms with E-state index in [1.807, 2.05) is 0 Å². The number of alkyl halides is 1. The van der Waals surface area contributed by atoms with Crippen LogP contribution in [0.1, 0.15) is 56.1 Å². The number of rotatable bonds is 3. The second kappa shape index (κ2) is 5.86. The first-order valence-corrected chi connectivity index (χ1v) is 7.40. The molecule has 0 spiro atoms. The van der Waals surface area contributed by atoms with Gasteiger partial charge in [-0.15, -0.1) is 0 Å². The van der Waals surface area contributed by atoms with Crippen LogP contribution in [0.15, 0.2) is 24.3 Å². The molecule has 0 amide bonds. The fourth-order valence-corrected chi connectivity index (χ4v) is 3.06. The van der Waals surface area contributed by atoms with Crippen molar-refractivity contribution in [3.8, 4) is 0 Å². The Kier molecular flexibility index (Phi) is 4.45. The molecule has 1 aliphatic carbocycles. The van der Waals surface area contributed by atoms with E-state index in [-0.39, 0.29) is 0 Å². The molecule has 2 rings (SSSR count). The zero-order valence-corrected chi connectivity index (χ0v) is 11.7. The lowest BCUT2D eigenvalue weighted by molar-refractivity contribution is 0.443. The molecule has 1 fully saturated rings. The highest BCUT2D eigenvalue weighted by molar-refractivity contribution is 9.09. The maximum atomic E-state index is 3.61. The normalized spacial score (nSPS) is 19.6. The summed E-state index contributed by atoms with van der Waals surface area (Å²) < 4.78 is 0. The van der Waals surface area contributed by atoms with Crippen LogP contribution in [0.25, 0.3) is 0 Å². The zero-order chi connectivity index (χ0) is 11.4. The molecule has 0 bridgehead atoms. The molecule has 1 unspecified atom stereocenters. The highest BCUT2D eigenvalue weighted by Crippen LogP contribution is 2.32. The van der Waals surface area contributed by atoms with E-state index in [9.17, 15) is 0 Å². The van der Waals surface area contributed by atoms with Crippen molar-refractivity contribution in [2.45, 2.75) is 56.2 Å². The topological polar surface area (TPSA) is 0 Å². The van der Waals surface area contributed by atoms with Gasteiger partial charge in [-0.25, -0.2) is 0 Å². The molecule has 1 heteroatoms. The predicted octanol–water partition coefficient (Wildman–Crippen LogP) is 5.06. The molecule has 1 aromatic carbocycles. The van der Waals surface area contributed by atoms with Gasteiger partial charge in [0.1, 0.15) is 0 Å². The lowest BCUT2D eigenvalue weighted by Gasteiger charge is -2.22. The van der Waals surface area contributed by atoms with Gasteiger partial charge in [0, 0.05) is 4.83 Å². The first-order chi connectivity index (χ1) is 7.75. The van der Waals surface area contributed by atoms with E-state index in [0.29, 0.717) is 4.83 Å². The van der Waals surface area contributed by atoms with E-state index in [1.54, 1.807) is 5.56 Å². The van der Waals surface area contributed by atoms with Crippen LogP contribution >= 0.6 is 15.9 Å². The van der Waals surface area contributed by atoms with E-state index >= 15 is 0 Å². The maximum Gasteiger partial charge on any atom is 0.0157 e. The van der Waals surface area contributed by atoms with Crippen LogP contribution in [0.3, 0.4) is 0 Å². The van der Waals surface area contributed by atoms with Crippen molar-refractivity contribution in [2.24, 2.45) is 0 Å². The lowest BCUT2D eigenvalue weighted by atomic mass is 9.84. The second-order valence-electron chi connectivity index (χ2n) is 5.06. The molecule has 0 N–H and O–H groups in total. The van der Waals surface area contributed by atoms with Gasteiger partial charge in [0.15, 0.2) is 0 Å². The summed E-state index contributed by atoms with van der Waals surface area (Å²) in [5, 5.41) is 0. The first-order valence-electron chi connectivity index (χ1n) is 6.48. The van der Waals surface area contributed by atoms with Crippen LogP contribution in [-0.4, -0.2) is 4.83 Å². The van der Waals surface area contributed by atoms with Gasteiger partial charge in [0.05, 0.1) is 0 Å². The van der Waals surface area contributed by atoms with E-state index in [1.165, 1.54) is 37.7 Å². The lowest BCUT2D eigenvalue weighted by Crippen LogP contribution is -2.04. The largest absolute Gasteiger partial charge is 0.0890 e. The van der Waals surface area contributed by atoms with Gasteiger partial charge in [0.2, 0.25) is 0 Å². The minimum absolute atomic E-state index is 0.577. The third-order valence-corrected chi connectivity index (χ3v) is 3.90. The minimum Gasteiger partial charge on any atom is -0.0890 e. The molecule has 0 nitrogen and oxygen atoms in total. The monoisotopic (exact) mass is 280 g/mol. The quantitative estimate of drug-likeness (QED) is 0.679. The van der Waals surface area contributed by atoms with Crippen molar-refractivity contribution in [1.29, 1.82) is 0 Å². The Morgan fingerprint density at radius 2 is 1.75 bits per heavy atom. The molecule has 1 aliphatic rings. The van der Waals surface area contributed by atoms with Gasteiger partial charge in [-0.05, 0) is 36.3 Å². The van der Waals surface area contributed by atoms with Crippen LogP contribution in [0.2, 0.25) is 0 Å². The van der Waals surface area contributed by atoms with Crippen molar-refractivity contribution in [3.63, 3.8) is 0 Å². The fourth-order valence-electron chi connectivity index (χ4n) is 2.69. The van der Waals surface area contributed by atoms with Gasteiger partial charge >= 0.3 is 0 Å². The number of hydrogen-bond donors (Lipinski definition) is 0. The molecule has 0 saturated heterocycles. The Balaban J connectivity index is 2.00. The van der Waals surface area contributed by atoms with Crippen LogP contribution in [0.4, 0.5) is 0 Å². The van der Waals surface area contributed by atoms with Crippen LogP contribution < -0.4 is 0 Å². The van der Waals surface area contributed by atoms with Crippen LogP contribution in [-0.2, 0) is 6.42 Å². The van der Waals surface area contributed by atoms with E-state index in [4.69, 9.17) is 0 Å². The molecular weight excluding hydrogens is 260 g/mol. The van der Waals surface area contributed by atoms with Crippen molar-refractivity contribution in [3.05, 3.63) is 35.4 Å². The fraction of sp³-hybridized carbons (Fsp3) is 0.600. The summed E-state index contributed by atoms with van der Waals surface area (Å²) >= 11 is 3.61. The minimum atomic E-state index is 0.577. The summed E-state index contributed by atoms with van der Waals surface area (Å²) in [6.45, 7) is 2.20. The Hall–Kier alpha value is -0.300. The standard InChI is InChI=1S/C15H21Br/c1-12(16)11-13-7-9-15(10-8-13)14-5-3-2-4-6-14/h7-10,12,14H,2-6,11H2,1H3. The molecule has 0 aliphatic heterocycles. The molecule has 0 heterocycles. The van der Waals surface area contributed by atoms with Gasteiger partial charge in [0.25, 0.3) is 0 Å². The smallest absolute Gasteiger partial charge is 0.0157 e. The molecule has 88 valence electrons. The van der Waals surface area contributed by atoms with Gasteiger partial charge < -0.3 is 0 Å². The van der Waals surface area contributed by atoms with Crippen molar-refractivity contribution in [1.82, 2.24) is 0 Å². The molecular formula is C15H21Br. The van der Waals surface area contributed by atoms with Gasteiger partial charge in [-0.3, -0.25) is 0 Å². The molecule has 1 saturated carbocycles. The molecule has 0 radical (unpaired) electrons. The molecule has 1 aromatic rings. The number of halogens is 1. The Morgan fingerprint density at radius 3 is 2.31 bits per heavy atom. The van der Waals surface area contributed by atoms with Gasteiger partial charge in [-0.2, -0.15) is 0 Å². The predicted molar refractivity (Wildman–Crippen MR) is 74.4 cm³/mol. The summed E-state index contributed by atoms with van der Waals surface area (Å²) in [4.78, 5) is 0.577. The number of benzene rings is 1. The highest BCUT2D eigenvalue weighted by Gasteiger charge is 2.15. The van der Waals surface area contributed by atoms with Crippen molar-refractivity contribution >= 4 is 15.9 Å². The third-order valence-electron chi connectivity index (χ3n) is 3.57. The summed E-state index contributed by atoms with van der Waals surface area (Å²) in [6.07, 6.45) is 8.21. The maximum absolute atomic E-state index is 3.61. The van der Waals surface area contributed by atoms with Gasteiger partial charge in [-0.1, -0.05) is 66.4 Å². The molecule has 1 atom stereocenters.